The first-order valence-corrected chi connectivity index (χ1v) is 5.96. The number of rotatable bonds is 3. The Balaban J connectivity index is 1.99. The van der Waals surface area contributed by atoms with Crippen molar-refractivity contribution in [2.24, 2.45) is 0 Å². The minimum Gasteiger partial charge on any atom is -0.488 e. The van der Waals surface area contributed by atoms with E-state index in [0.717, 1.165) is 5.75 Å². The first-order chi connectivity index (χ1) is 7.25. The summed E-state index contributed by atoms with van der Waals surface area (Å²) < 4.78 is 7.68. The quantitative estimate of drug-likeness (QED) is 0.762. The van der Waals surface area contributed by atoms with Crippen LogP contribution in [0, 0.1) is 0 Å². The Kier molecular flexibility index (Phi) is 3.29. The van der Waals surface area contributed by atoms with Gasteiger partial charge in [-0.25, -0.2) is 0 Å². The molecule has 2 rings (SSSR count). The topological polar surface area (TPSA) is 27.1 Å². The van der Waals surface area contributed by atoms with Crippen molar-refractivity contribution < 1.29 is 4.74 Å². The van der Waals surface area contributed by atoms with Crippen molar-refractivity contribution in [3.63, 3.8) is 0 Å². The van der Waals surface area contributed by atoms with Crippen LogP contribution < -0.4 is 4.74 Å². The fraction of sp³-hybridized carbons (Fsp3) is 0.750. The normalized spacial score (nSPS) is 18.3. The highest BCUT2D eigenvalue weighted by atomic mass is 16.5. The molecule has 0 unspecified atom stereocenters. The van der Waals surface area contributed by atoms with Crippen LogP contribution in [0.5, 0.6) is 5.75 Å². The van der Waals surface area contributed by atoms with Crippen molar-refractivity contribution in [3.8, 4) is 5.75 Å². The number of hydrogen-bond acceptors (Lipinski definition) is 2. The summed E-state index contributed by atoms with van der Waals surface area (Å²) in [7, 11) is 0. The molecule has 0 radical (unpaired) electrons. The zero-order chi connectivity index (χ0) is 10.7. The van der Waals surface area contributed by atoms with Gasteiger partial charge in [-0.1, -0.05) is 19.3 Å². The summed E-state index contributed by atoms with van der Waals surface area (Å²) in [5.41, 5.74) is 0. The molecule has 1 aliphatic carbocycles. The molecule has 1 aromatic heterocycles. The van der Waals surface area contributed by atoms with Crippen LogP contribution in [0.25, 0.3) is 0 Å². The van der Waals surface area contributed by atoms with Gasteiger partial charge in [-0.15, -0.1) is 0 Å². The van der Waals surface area contributed by atoms with E-state index in [-0.39, 0.29) is 6.10 Å². The number of aromatic nitrogens is 2. The van der Waals surface area contributed by atoms with Crippen LogP contribution in [0.15, 0.2) is 12.4 Å². The van der Waals surface area contributed by atoms with Crippen LogP contribution in [0.1, 0.15) is 52.0 Å². The van der Waals surface area contributed by atoms with Gasteiger partial charge in [0.1, 0.15) is 0 Å². The highest BCUT2D eigenvalue weighted by molar-refractivity contribution is 5.12. The third kappa shape index (κ3) is 2.74. The van der Waals surface area contributed by atoms with Gasteiger partial charge < -0.3 is 4.74 Å². The van der Waals surface area contributed by atoms with E-state index in [2.05, 4.69) is 9.78 Å². The van der Waals surface area contributed by atoms with Gasteiger partial charge in [0.05, 0.1) is 24.5 Å². The van der Waals surface area contributed by atoms with Crippen molar-refractivity contribution in [3.05, 3.63) is 12.4 Å². The zero-order valence-corrected chi connectivity index (χ0v) is 9.65. The fourth-order valence-corrected chi connectivity index (χ4v) is 2.20. The largest absolute Gasteiger partial charge is 0.488 e. The molecule has 0 aromatic carbocycles. The molecular weight excluding hydrogens is 188 g/mol. The molecule has 1 aromatic rings. The van der Waals surface area contributed by atoms with Gasteiger partial charge in [-0.3, -0.25) is 4.68 Å². The Morgan fingerprint density at radius 2 is 2.07 bits per heavy atom. The average Bonchev–Trinajstić information content (AvgIpc) is 2.67. The Labute approximate surface area is 91.4 Å². The van der Waals surface area contributed by atoms with Gasteiger partial charge in [-0.2, -0.15) is 5.10 Å². The predicted molar refractivity (Wildman–Crippen MR) is 60.1 cm³/mol. The molecule has 84 valence electrons. The van der Waals surface area contributed by atoms with E-state index in [4.69, 9.17) is 4.74 Å². The van der Waals surface area contributed by atoms with Crippen LogP contribution in [0.2, 0.25) is 0 Å². The summed E-state index contributed by atoms with van der Waals surface area (Å²) in [5, 5.41) is 4.38. The summed E-state index contributed by atoms with van der Waals surface area (Å²) >= 11 is 0. The maximum absolute atomic E-state index is 5.60. The van der Waals surface area contributed by atoms with E-state index in [1.165, 1.54) is 32.1 Å². The third-order valence-electron chi connectivity index (χ3n) is 2.90. The van der Waals surface area contributed by atoms with E-state index < -0.39 is 0 Å². The van der Waals surface area contributed by atoms with Crippen molar-refractivity contribution in [2.75, 3.05) is 0 Å². The molecule has 0 bridgehead atoms. The number of ether oxygens (including phenoxy) is 1. The van der Waals surface area contributed by atoms with Crippen molar-refractivity contribution >= 4 is 0 Å². The molecule has 3 nitrogen and oxygen atoms in total. The molecule has 0 saturated heterocycles. The van der Waals surface area contributed by atoms with Crippen LogP contribution in [0.4, 0.5) is 0 Å². The van der Waals surface area contributed by atoms with Gasteiger partial charge >= 0.3 is 0 Å². The van der Waals surface area contributed by atoms with E-state index in [9.17, 15) is 0 Å². The molecule has 1 saturated carbocycles. The number of nitrogens with zero attached hydrogens (tertiary/aromatic N) is 2. The van der Waals surface area contributed by atoms with Crippen molar-refractivity contribution in [1.82, 2.24) is 9.78 Å². The van der Waals surface area contributed by atoms with Gasteiger partial charge in [-0.05, 0) is 26.7 Å². The second kappa shape index (κ2) is 4.69. The molecular formula is C12H20N2O. The molecule has 1 heterocycles. The Morgan fingerprint density at radius 1 is 1.33 bits per heavy atom. The van der Waals surface area contributed by atoms with E-state index in [1.807, 2.05) is 26.2 Å². The molecule has 3 heteroatoms. The number of hydrogen-bond donors (Lipinski definition) is 0. The molecule has 0 aliphatic heterocycles. The second-order valence-electron chi connectivity index (χ2n) is 4.61. The highest BCUT2D eigenvalue weighted by Crippen LogP contribution is 2.28. The van der Waals surface area contributed by atoms with Gasteiger partial charge in [0.15, 0.2) is 5.75 Å². The minimum atomic E-state index is 0.231. The Hall–Kier alpha value is -0.990. The zero-order valence-electron chi connectivity index (χ0n) is 9.65. The molecule has 1 fully saturated rings. The van der Waals surface area contributed by atoms with Crippen LogP contribution in [-0.4, -0.2) is 15.9 Å². The third-order valence-corrected chi connectivity index (χ3v) is 2.90. The monoisotopic (exact) mass is 208 g/mol. The van der Waals surface area contributed by atoms with Gasteiger partial charge in [0.25, 0.3) is 0 Å². The molecule has 15 heavy (non-hydrogen) atoms. The van der Waals surface area contributed by atoms with Crippen LogP contribution in [0.3, 0.4) is 0 Å². The summed E-state index contributed by atoms with van der Waals surface area (Å²) in [5.74, 6) is 0.899. The Bertz CT molecular complexity index is 300. The van der Waals surface area contributed by atoms with Gasteiger partial charge in [0, 0.05) is 0 Å². The highest BCUT2D eigenvalue weighted by Gasteiger charge is 2.16. The van der Waals surface area contributed by atoms with Gasteiger partial charge in [0.2, 0.25) is 0 Å². The lowest BCUT2D eigenvalue weighted by Crippen LogP contribution is -2.13. The second-order valence-corrected chi connectivity index (χ2v) is 4.61. The first-order valence-electron chi connectivity index (χ1n) is 5.96. The van der Waals surface area contributed by atoms with Crippen LogP contribution in [-0.2, 0) is 0 Å². The van der Waals surface area contributed by atoms with Crippen molar-refractivity contribution in [1.29, 1.82) is 0 Å². The molecule has 0 atom stereocenters. The standard InChI is InChI=1S/C12H20N2O/c1-10(2)15-12-8-13-14(9-12)11-6-4-3-5-7-11/h8-11H,3-7H2,1-2H3. The first kappa shape index (κ1) is 10.5. The predicted octanol–water partition coefficient (Wildman–Crippen LogP) is 3.18. The summed E-state index contributed by atoms with van der Waals surface area (Å²) in [4.78, 5) is 0. The van der Waals surface area contributed by atoms with Crippen molar-refractivity contribution in [2.45, 2.75) is 58.1 Å². The summed E-state index contributed by atoms with van der Waals surface area (Å²) in [6.07, 6.45) is 10.7. The van der Waals surface area contributed by atoms with Crippen LogP contribution >= 0.6 is 0 Å². The maximum atomic E-state index is 5.60. The maximum Gasteiger partial charge on any atom is 0.157 e. The molecule has 1 aliphatic rings. The van der Waals surface area contributed by atoms with E-state index in [1.54, 1.807) is 0 Å². The van der Waals surface area contributed by atoms with E-state index >= 15 is 0 Å². The molecule has 0 amide bonds. The molecule has 0 spiro atoms. The average molecular weight is 208 g/mol. The lowest BCUT2D eigenvalue weighted by Gasteiger charge is -2.21. The summed E-state index contributed by atoms with van der Waals surface area (Å²) in [6.45, 7) is 4.08. The summed E-state index contributed by atoms with van der Waals surface area (Å²) in [6, 6.07) is 0.600. The molecule has 0 N–H and O–H groups in total. The fourth-order valence-electron chi connectivity index (χ4n) is 2.20. The SMILES string of the molecule is CC(C)Oc1cnn(C2CCCCC2)c1. The Morgan fingerprint density at radius 3 is 2.73 bits per heavy atom. The lowest BCUT2D eigenvalue weighted by molar-refractivity contribution is 0.241. The lowest BCUT2D eigenvalue weighted by atomic mass is 9.96. The van der Waals surface area contributed by atoms with E-state index in [0.29, 0.717) is 6.04 Å². The minimum absolute atomic E-state index is 0.231. The smallest absolute Gasteiger partial charge is 0.157 e.